The van der Waals surface area contributed by atoms with Crippen molar-refractivity contribution < 1.29 is 24.0 Å². The Morgan fingerprint density at radius 1 is 0.818 bits per heavy atom. The van der Waals surface area contributed by atoms with Gasteiger partial charge in [0.05, 0.1) is 13.1 Å². The second kappa shape index (κ2) is 4.79. The van der Waals surface area contributed by atoms with Gasteiger partial charge in [-0.3, -0.25) is 24.2 Å². The van der Waals surface area contributed by atoms with E-state index < -0.39 is 53.8 Å². The molecule has 2 saturated heterocycles. The fraction of sp³-hybridized carbons (Fsp3) is 0.615. The molecule has 120 valence electrons. The van der Waals surface area contributed by atoms with Crippen LogP contribution >= 0.6 is 0 Å². The largest absolute Gasteiger partial charge is 0.325 e. The number of ketones is 1. The molecule has 2 N–H and O–H groups in total. The summed E-state index contributed by atoms with van der Waals surface area (Å²) in [5.41, 5.74) is -2.14. The van der Waals surface area contributed by atoms with Crippen LogP contribution in [-0.2, 0) is 14.4 Å². The number of Topliss-reactive ketones (excluding diaryl/α,β-unsaturated/α-hetero) is 1. The van der Waals surface area contributed by atoms with E-state index in [-0.39, 0.29) is 0 Å². The van der Waals surface area contributed by atoms with Crippen LogP contribution < -0.4 is 10.6 Å². The van der Waals surface area contributed by atoms with Gasteiger partial charge in [0.1, 0.15) is 11.1 Å². The van der Waals surface area contributed by atoms with Gasteiger partial charge in [-0.05, 0) is 27.7 Å². The third kappa shape index (κ3) is 2.53. The van der Waals surface area contributed by atoms with Gasteiger partial charge >= 0.3 is 12.1 Å². The molecule has 0 aromatic rings. The summed E-state index contributed by atoms with van der Waals surface area (Å²) in [6, 6.07) is -1.33. The molecule has 9 nitrogen and oxygen atoms in total. The highest BCUT2D eigenvalue weighted by atomic mass is 16.2. The normalized spacial score (nSPS) is 22.9. The number of carbonyl (C=O) groups is 5. The molecule has 9 heteroatoms. The van der Waals surface area contributed by atoms with E-state index in [0.29, 0.717) is 0 Å². The van der Waals surface area contributed by atoms with Crippen LogP contribution in [0, 0.1) is 0 Å². The summed E-state index contributed by atoms with van der Waals surface area (Å²) >= 11 is 0. The summed E-state index contributed by atoms with van der Waals surface area (Å²) < 4.78 is 0. The van der Waals surface area contributed by atoms with Gasteiger partial charge in [-0.2, -0.15) is 0 Å². The number of carbonyl (C=O) groups excluding carboxylic acids is 5. The number of nitrogens with one attached hydrogen (secondary N) is 2. The molecule has 2 aliphatic heterocycles. The first kappa shape index (κ1) is 15.9. The third-order valence-electron chi connectivity index (χ3n) is 3.56. The van der Waals surface area contributed by atoms with E-state index in [9.17, 15) is 24.0 Å². The molecule has 2 fully saturated rings. The Hall–Kier alpha value is -2.45. The molecular formula is C13H18N4O5. The van der Waals surface area contributed by atoms with Gasteiger partial charge in [-0.15, -0.1) is 0 Å². The van der Waals surface area contributed by atoms with E-state index in [4.69, 9.17) is 0 Å². The van der Waals surface area contributed by atoms with E-state index in [2.05, 4.69) is 10.6 Å². The highest BCUT2D eigenvalue weighted by molar-refractivity contribution is 6.11. The molecule has 0 atom stereocenters. The van der Waals surface area contributed by atoms with Crippen molar-refractivity contribution >= 4 is 29.7 Å². The Morgan fingerprint density at radius 3 is 1.36 bits per heavy atom. The van der Waals surface area contributed by atoms with Crippen LogP contribution in [0.4, 0.5) is 9.59 Å². The van der Waals surface area contributed by atoms with E-state index in [0.717, 1.165) is 9.80 Å². The lowest BCUT2D eigenvalue weighted by Gasteiger charge is -2.18. The Balaban J connectivity index is 2.03. The summed E-state index contributed by atoms with van der Waals surface area (Å²) in [6.07, 6.45) is 0. The Kier molecular flexibility index (Phi) is 3.47. The molecule has 0 aliphatic carbocycles. The molecule has 0 unspecified atom stereocenters. The molecular weight excluding hydrogens is 292 g/mol. The summed E-state index contributed by atoms with van der Waals surface area (Å²) in [4.78, 5) is 60.9. The van der Waals surface area contributed by atoms with E-state index in [1.807, 2.05) is 0 Å². The fourth-order valence-electron chi connectivity index (χ4n) is 2.33. The predicted molar refractivity (Wildman–Crippen MR) is 73.7 cm³/mol. The van der Waals surface area contributed by atoms with Crippen LogP contribution in [0.1, 0.15) is 27.7 Å². The van der Waals surface area contributed by atoms with E-state index in [1.165, 1.54) is 27.7 Å². The molecule has 0 aromatic heterocycles. The lowest BCUT2D eigenvalue weighted by atomic mass is 10.1. The van der Waals surface area contributed by atoms with Crippen molar-refractivity contribution in [3.63, 3.8) is 0 Å². The summed E-state index contributed by atoms with van der Waals surface area (Å²) in [6.45, 7) is 5.14. The van der Waals surface area contributed by atoms with Crippen molar-refractivity contribution in [2.24, 2.45) is 0 Å². The molecule has 0 spiro atoms. The Morgan fingerprint density at radius 2 is 1.14 bits per heavy atom. The number of amides is 6. The molecule has 0 bridgehead atoms. The summed E-state index contributed by atoms with van der Waals surface area (Å²) in [5.74, 6) is -1.63. The van der Waals surface area contributed by atoms with Crippen molar-refractivity contribution in [1.82, 2.24) is 20.4 Å². The summed E-state index contributed by atoms with van der Waals surface area (Å²) in [5, 5.41) is 4.90. The van der Waals surface area contributed by atoms with Gasteiger partial charge in [-0.1, -0.05) is 0 Å². The van der Waals surface area contributed by atoms with Crippen LogP contribution in [0.5, 0.6) is 0 Å². The van der Waals surface area contributed by atoms with Gasteiger partial charge in [0, 0.05) is 0 Å². The van der Waals surface area contributed by atoms with Gasteiger partial charge in [0.15, 0.2) is 5.78 Å². The van der Waals surface area contributed by atoms with Crippen molar-refractivity contribution in [2.75, 3.05) is 13.1 Å². The molecule has 2 heterocycles. The van der Waals surface area contributed by atoms with Crippen LogP contribution in [0.15, 0.2) is 0 Å². The molecule has 0 saturated carbocycles. The standard InChI is InChI=1S/C13H18N4O5/c1-12(2)8(19)16(10(21)14-12)5-7(18)6-17-9(20)13(3,4)15-11(17)22/h5-6H2,1-4H3,(H,14,21)(H,15,22). The molecule has 6 amide bonds. The number of hydrogen-bond donors (Lipinski definition) is 2. The maximum atomic E-state index is 12.0. The zero-order valence-corrected chi connectivity index (χ0v) is 12.8. The highest BCUT2D eigenvalue weighted by Crippen LogP contribution is 2.18. The minimum Gasteiger partial charge on any atom is -0.324 e. The maximum Gasteiger partial charge on any atom is 0.325 e. The average molecular weight is 310 g/mol. The lowest BCUT2D eigenvalue weighted by molar-refractivity contribution is -0.135. The maximum absolute atomic E-state index is 12.0. The van der Waals surface area contributed by atoms with Crippen LogP contribution in [-0.4, -0.2) is 63.6 Å². The van der Waals surface area contributed by atoms with Gasteiger partial charge in [0.25, 0.3) is 11.8 Å². The van der Waals surface area contributed by atoms with Crippen LogP contribution in [0.2, 0.25) is 0 Å². The van der Waals surface area contributed by atoms with Crippen LogP contribution in [0.3, 0.4) is 0 Å². The average Bonchev–Trinajstić information content (AvgIpc) is 2.67. The second-order valence-corrected chi connectivity index (χ2v) is 6.43. The molecule has 0 aromatic carbocycles. The molecule has 0 radical (unpaired) electrons. The molecule has 22 heavy (non-hydrogen) atoms. The van der Waals surface area contributed by atoms with Crippen molar-refractivity contribution in [3.05, 3.63) is 0 Å². The second-order valence-electron chi connectivity index (χ2n) is 6.43. The lowest BCUT2D eigenvalue weighted by Crippen LogP contribution is -2.44. The predicted octanol–water partition coefficient (Wildman–Crippen LogP) is -0.784. The number of urea groups is 2. The highest BCUT2D eigenvalue weighted by Gasteiger charge is 2.47. The first-order valence-corrected chi connectivity index (χ1v) is 6.75. The quantitative estimate of drug-likeness (QED) is 0.661. The first-order valence-electron chi connectivity index (χ1n) is 6.75. The van der Waals surface area contributed by atoms with Gasteiger partial charge in [-0.25, -0.2) is 9.59 Å². The van der Waals surface area contributed by atoms with Gasteiger partial charge in [0.2, 0.25) is 0 Å². The smallest absolute Gasteiger partial charge is 0.324 e. The third-order valence-corrected chi connectivity index (χ3v) is 3.56. The monoisotopic (exact) mass is 310 g/mol. The minimum absolute atomic E-state index is 0.481. The zero-order chi connectivity index (χ0) is 16.9. The Bertz CT molecular complexity index is 545. The topological polar surface area (TPSA) is 116 Å². The van der Waals surface area contributed by atoms with Crippen molar-refractivity contribution in [2.45, 2.75) is 38.8 Å². The Labute approximate surface area is 127 Å². The number of hydrogen-bond acceptors (Lipinski definition) is 5. The molecule has 2 rings (SSSR count). The van der Waals surface area contributed by atoms with Crippen molar-refractivity contribution in [1.29, 1.82) is 0 Å². The SMILES string of the molecule is CC1(C)NC(=O)N(CC(=O)CN2C(=O)NC(C)(C)C2=O)C1=O. The molecule has 2 aliphatic rings. The number of rotatable bonds is 4. The first-order chi connectivity index (χ1) is 9.95. The number of nitrogens with zero attached hydrogens (tertiary/aromatic N) is 2. The van der Waals surface area contributed by atoms with E-state index in [1.54, 1.807) is 0 Å². The van der Waals surface area contributed by atoms with Crippen molar-refractivity contribution in [3.8, 4) is 0 Å². The van der Waals surface area contributed by atoms with Gasteiger partial charge < -0.3 is 10.6 Å². The zero-order valence-electron chi connectivity index (χ0n) is 12.8. The minimum atomic E-state index is -1.07. The summed E-state index contributed by atoms with van der Waals surface area (Å²) in [7, 11) is 0. The fourth-order valence-corrected chi connectivity index (χ4v) is 2.33. The number of imide groups is 2. The van der Waals surface area contributed by atoms with E-state index >= 15 is 0 Å². The van der Waals surface area contributed by atoms with Crippen LogP contribution in [0.25, 0.3) is 0 Å².